The molecule has 0 radical (unpaired) electrons. The van der Waals surface area contributed by atoms with Gasteiger partial charge in [0, 0.05) is 18.3 Å². The van der Waals surface area contributed by atoms with E-state index in [1.165, 1.54) is 26.4 Å². The summed E-state index contributed by atoms with van der Waals surface area (Å²) >= 11 is 0. The molecule has 1 saturated carbocycles. The maximum atomic E-state index is 12.5. The Balaban J connectivity index is 1.88. The molecule has 0 spiro atoms. The molecular weight excluding hydrogens is 330 g/mol. The molecular formula is C20H27N3O3. The fourth-order valence-corrected chi connectivity index (χ4v) is 3.67. The molecule has 1 aliphatic carbocycles. The van der Waals surface area contributed by atoms with Crippen LogP contribution in [0, 0.1) is 6.92 Å². The maximum Gasteiger partial charge on any atom is 0.338 e. The fourth-order valence-electron chi connectivity index (χ4n) is 3.67. The van der Waals surface area contributed by atoms with Gasteiger partial charge in [-0.1, -0.05) is 49.1 Å². The summed E-state index contributed by atoms with van der Waals surface area (Å²) in [4.78, 5) is 24.7. The summed E-state index contributed by atoms with van der Waals surface area (Å²) in [6.07, 6.45) is 5.99. The Labute approximate surface area is 154 Å². The van der Waals surface area contributed by atoms with E-state index in [0.717, 1.165) is 24.0 Å². The zero-order valence-corrected chi connectivity index (χ0v) is 15.4. The molecule has 2 aliphatic rings. The largest absolute Gasteiger partial charge is 0.466 e. The van der Waals surface area contributed by atoms with E-state index in [9.17, 15) is 9.59 Å². The standard InChI is InChI=1S/C20H27N3O3/c1-13-8-10-14(11-9-13)18-17(19(24)26-2)16(22-20(25)23-18)12-21-15-6-4-3-5-7-15/h8-11,15,18,21H,3-7,12H2,1-2H3,(H2,22,23,25)/t18-/m1/s1. The van der Waals surface area contributed by atoms with Gasteiger partial charge in [0.05, 0.1) is 18.7 Å². The minimum absolute atomic E-state index is 0.302. The lowest BCUT2D eigenvalue weighted by molar-refractivity contribution is -0.136. The molecule has 6 heteroatoms. The monoisotopic (exact) mass is 357 g/mol. The van der Waals surface area contributed by atoms with E-state index < -0.39 is 12.0 Å². The van der Waals surface area contributed by atoms with Gasteiger partial charge < -0.3 is 20.7 Å². The number of benzene rings is 1. The second kappa shape index (κ2) is 8.36. The first kappa shape index (κ1) is 18.5. The van der Waals surface area contributed by atoms with Gasteiger partial charge in [-0.3, -0.25) is 0 Å². The molecule has 0 unspecified atom stereocenters. The molecule has 1 aliphatic heterocycles. The number of rotatable bonds is 5. The number of esters is 1. The smallest absolute Gasteiger partial charge is 0.338 e. The Morgan fingerprint density at radius 2 is 1.88 bits per heavy atom. The minimum Gasteiger partial charge on any atom is -0.466 e. The Morgan fingerprint density at radius 1 is 1.19 bits per heavy atom. The number of ether oxygens (including phenoxy) is 1. The Hall–Kier alpha value is -2.34. The number of hydrogen-bond donors (Lipinski definition) is 3. The molecule has 1 atom stereocenters. The molecule has 3 N–H and O–H groups in total. The predicted octanol–water partition coefficient (Wildman–Crippen LogP) is 2.70. The second-order valence-corrected chi connectivity index (χ2v) is 7.04. The highest BCUT2D eigenvalue weighted by Crippen LogP contribution is 2.28. The van der Waals surface area contributed by atoms with Crippen LogP contribution in [0.4, 0.5) is 4.79 Å². The molecule has 6 nitrogen and oxygen atoms in total. The summed E-state index contributed by atoms with van der Waals surface area (Å²) in [5, 5.41) is 9.14. The van der Waals surface area contributed by atoms with Crippen LogP contribution in [0.5, 0.6) is 0 Å². The first-order chi connectivity index (χ1) is 12.6. The highest BCUT2D eigenvalue weighted by atomic mass is 16.5. The molecule has 1 aromatic carbocycles. The summed E-state index contributed by atoms with van der Waals surface area (Å²) in [6.45, 7) is 2.45. The Bertz CT molecular complexity index is 691. The molecule has 3 rings (SSSR count). The van der Waals surface area contributed by atoms with Gasteiger partial charge in [-0.05, 0) is 25.3 Å². The maximum absolute atomic E-state index is 12.5. The quantitative estimate of drug-likeness (QED) is 0.708. The van der Waals surface area contributed by atoms with Gasteiger partial charge >= 0.3 is 12.0 Å². The summed E-state index contributed by atoms with van der Waals surface area (Å²) in [5.41, 5.74) is 3.04. The number of hydrogen-bond acceptors (Lipinski definition) is 4. The van der Waals surface area contributed by atoms with E-state index in [-0.39, 0.29) is 6.03 Å². The summed E-state index contributed by atoms with van der Waals surface area (Å²) in [7, 11) is 1.37. The first-order valence-electron chi connectivity index (χ1n) is 9.27. The van der Waals surface area contributed by atoms with Crippen molar-refractivity contribution >= 4 is 12.0 Å². The van der Waals surface area contributed by atoms with Crippen LogP contribution in [0.2, 0.25) is 0 Å². The van der Waals surface area contributed by atoms with Crippen LogP contribution in [0.1, 0.15) is 49.3 Å². The lowest BCUT2D eigenvalue weighted by Crippen LogP contribution is -2.48. The van der Waals surface area contributed by atoms with E-state index >= 15 is 0 Å². The minimum atomic E-state index is -0.514. The van der Waals surface area contributed by atoms with Gasteiger partial charge in [-0.2, -0.15) is 0 Å². The zero-order chi connectivity index (χ0) is 18.5. The van der Waals surface area contributed by atoms with Crippen molar-refractivity contribution < 1.29 is 14.3 Å². The van der Waals surface area contributed by atoms with Crippen LogP contribution in [0.3, 0.4) is 0 Å². The molecule has 1 fully saturated rings. The topological polar surface area (TPSA) is 79.5 Å². The van der Waals surface area contributed by atoms with Crippen molar-refractivity contribution in [1.29, 1.82) is 0 Å². The molecule has 26 heavy (non-hydrogen) atoms. The molecule has 0 bridgehead atoms. The average Bonchev–Trinajstić information content (AvgIpc) is 2.66. The lowest BCUT2D eigenvalue weighted by atomic mass is 9.93. The van der Waals surface area contributed by atoms with E-state index in [1.54, 1.807) is 0 Å². The summed E-state index contributed by atoms with van der Waals surface area (Å²) in [5.74, 6) is -0.427. The number of carbonyl (C=O) groups is 2. The zero-order valence-electron chi connectivity index (χ0n) is 15.4. The van der Waals surface area contributed by atoms with Crippen molar-refractivity contribution in [3.05, 3.63) is 46.7 Å². The number of amides is 2. The number of methoxy groups -OCH3 is 1. The van der Waals surface area contributed by atoms with Crippen molar-refractivity contribution in [1.82, 2.24) is 16.0 Å². The van der Waals surface area contributed by atoms with Crippen LogP contribution in [0.15, 0.2) is 35.5 Å². The van der Waals surface area contributed by atoms with Crippen molar-refractivity contribution in [2.24, 2.45) is 0 Å². The Kier molecular flexibility index (Phi) is 5.93. The third-order valence-corrected chi connectivity index (χ3v) is 5.14. The summed E-state index contributed by atoms with van der Waals surface area (Å²) in [6, 6.07) is 7.42. The third-order valence-electron chi connectivity index (χ3n) is 5.14. The van der Waals surface area contributed by atoms with E-state index in [2.05, 4.69) is 16.0 Å². The van der Waals surface area contributed by atoms with Gasteiger partial charge in [-0.25, -0.2) is 9.59 Å². The van der Waals surface area contributed by atoms with E-state index in [4.69, 9.17) is 4.74 Å². The van der Waals surface area contributed by atoms with Gasteiger partial charge in [0.1, 0.15) is 0 Å². The van der Waals surface area contributed by atoms with Crippen LogP contribution in [0.25, 0.3) is 0 Å². The number of urea groups is 1. The van der Waals surface area contributed by atoms with Crippen molar-refractivity contribution in [3.8, 4) is 0 Å². The van der Waals surface area contributed by atoms with Crippen molar-refractivity contribution in [3.63, 3.8) is 0 Å². The highest BCUT2D eigenvalue weighted by Gasteiger charge is 2.33. The van der Waals surface area contributed by atoms with Crippen molar-refractivity contribution in [2.75, 3.05) is 13.7 Å². The van der Waals surface area contributed by atoms with Crippen LogP contribution >= 0.6 is 0 Å². The van der Waals surface area contributed by atoms with Crippen LogP contribution < -0.4 is 16.0 Å². The van der Waals surface area contributed by atoms with Crippen LogP contribution in [-0.4, -0.2) is 31.7 Å². The average molecular weight is 357 g/mol. The summed E-state index contributed by atoms with van der Waals surface area (Å²) < 4.78 is 5.01. The molecule has 1 heterocycles. The van der Waals surface area contributed by atoms with Crippen molar-refractivity contribution in [2.45, 2.75) is 51.1 Å². The molecule has 0 aromatic heterocycles. The lowest BCUT2D eigenvalue weighted by Gasteiger charge is -2.31. The van der Waals surface area contributed by atoms with Gasteiger partial charge in [0.2, 0.25) is 0 Å². The Morgan fingerprint density at radius 3 is 2.54 bits per heavy atom. The predicted molar refractivity (Wildman–Crippen MR) is 99.5 cm³/mol. The van der Waals surface area contributed by atoms with E-state index in [0.29, 0.717) is 23.9 Å². The number of aryl methyl sites for hydroxylation is 1. The first-order valence-corrected chi connectivity index (χ1v) is 9.27. The normalized spacial score (nSPS) is 21.2. The van der Waals surface area contributed by atoms with E-state index in [1.807, 2.05) is 31.2 Å². The van der Waals surface area contributed by atoms with Gasteiger partial charge in [-0.15, -0.1) is 0 Å². The molecule has 2 amide bonds. The molecule has 0 saturated heterocycles. The number of nitrogens with one attached hydrogen (secondary N) is 3. The second-order valence-electron chi connectivity index (χ2n) is 7.04. The molecule has 140 valence electrons. The highest BCUT2D eigenvalue weighted by molar-refractivity contribution is 5.95. The van der Waals surface area contributed by atoms with Gasteiger partial charge in [0.25, 0.3) is 0 Å². The fraction of sp³-hybridized carbons (Fsp3) is 0.500. The SMILES string of the molecule is COC(=O)C1=C(CNC2CCCCC2)NC(=O)N[C@@H]1c1ccc(C)cc1. The molecule has 1 aromatic rings. The van der Waals surface area contributed by atoms with Crippen LogP contribution in [-0.2, 0) is 9.53 Å². The third kappa shape index (κ3) is 4.25. The number of carbonyl (C=O) groups excluding carboxylic acids is 2. The van der Waals surface area contributed by atoms with Gasteiger partial charge in [0.15, 0.2) is 0 Å².